The molecule has 0 aromatic carbocycles. The van der Waals surface area contributed by atoms with Gasteiger partial charge in [-0.25, -0.2) is 9.36 Å². The summed E-state index contributed by atoms with van der Waals surface area (Å²) in [5, 5.41) is 57.6. The maximum Gasteiger partial charge on any atom is 0.440 e. The third kappa shape index (κ3) is 9.41. The van der Waals surface area contributed by atoms with E-state index in [4.69, 9.17) is 9.26 Å². The second-order valence-corrected chi connectivity index (χ2v) is 9.60. The molecule has 184 valence electrons. The quantitative estimate of drug-likeness (QED) is 0.110. The van der Waals surface area contributed by atoms with Gasteiger partial charge >= 0.3 is 13.3 Å². The van der Waals surface area contributed by atoms with Gasteiger partial charge in [0.15, 0.2) is 12.6 Å². The lowest BCUT2D eigenvalue weighted by atomic mass is 9.99. The van der Waals surface area contributed by atoms with Gasteiger partial charge in [0.25, 0.3) is 0 Å². The van der Waals surface area contributed by atoms with Gasteiger partial charge in [-0.1, -0.05) is 64.7 Å². The van der Waals surface area contributed by atoms with E-state index < -0.39 is 50.3 Å². The van der Waals surface area contributed by atoms with Gasteiger partial charge in [0.05, 0.1) is 6.61 Å². The number of unbranched alkanes of at least 4 members (excludes halogenated alkanes) is 9. The van der Waals surface area contributed by atoms with E-state index in [0.29, 0.717) is 6.42 Å². The molecule has 11 nitrogen and oxygen atoms in total. The van der Waals surface area contributed by atoms with Crippen molar-refractivity contribution < 1.29 is 53.8 Å². The standard InChI is InChI=1S/C19H37O11P/c1-2-3-4-5-6-7-8-9-10-11-12-28-31(27,19(25)26)30-18(24)16-14(21)13(20)15(22)17(23)29-16/h13-18,20-24H,2-12H2,1H3,(H,25,26)/t13-,14-,15+,16-,17-,18?,31?/m0/s1. The van der Waals surface area contributed by atoms with Gasteiger partial charge in [0.2, 0.25) is 0 Å². The highest BCUT2D eigenvalue weighted by molar-refractivity contribution is 7.71. The zero-order valence-electron chi connectivity index (χ0n) is 17.9. The minimum absolute atomic E-state index is 0.176. The Morgan fingerprint density at radius 2 is 1.42 bits per heavy atom. The highest BCUT2D eigenvalue weighted by atomic mass is 31.2. The smallest absolute Gasteiger partial charge is 0.440 e. The number of carbonyl (C=O) groups is 1. The molecule has 0 aromatic heterocycles. The van der Waals surface area contributed by atoms with E-state index in [1.54, 1.807) is 0 Å². The van der Waals surface area contributed by atoms with Crippen LogP contribution in [0.5, 0.6) is 0 Å². The molecule has 1 rings (SSSR count). The van der Waals surface area contributed by atoms with Gasteiger partial charge < -0.3 is 39.9 Å². The summed E-state index contributed by atoms with van der Waals surface area (Å²) in [6, 6.07) is 0. The molecule has 31 heavy (non-hydrogen) atoms. The number of hydrogen-bond acceptors (Lipinski definition) is 10. The van der Waals surface area contributed by atoms with Crippen LogP contribution in [0.4, 0.5) is 4.79 Å². The molecule has 0 bridgehead atoms. The minimum atomic E-state index is -4.82. The fraction of sp³-hybridized carbons (Fsp3) is 0.947. The van der Waals surface area contributed by atoms with Crippen molar-refractivity contribution in [1.29, 1.82) is 0 Å². The van der Waals surface area contributed by atoms with Gasteiger partial charge in [-0.2, -0.15) is 0 Å². The van der Waals surface area contributed by atoms with Gasteiger partial charge in [-0.3, -0.25) is 4.52 Å². The Morgan fingerprint density at radius 1 is 0.903 bits per heavy atom. The zero-order chi connectivity index (χ0) is 23.4. The van der Waals surface area contributed by atoms with Crippen molar-refractivity contribution in [3.8, 4) is 0 Å². The van der Waals surface area contributed by atoms with Crippen molar-refractivity contribution in [2.75, 3.05) is 6.61 Å². The molecule has 0 aliphatic carbocycles. The predicted octanol–water partition coefficient (Wildman–Crippen LogP) is 1.93. The highest BCUT2D eigenvalue weighted by Crippen LogP contribution is 2.50. The molecule has 7 atom stereocenters. The SMILES string of the molecule is CCCCCCCCCCCCOP(=O)(OC(O)[C@H]1O[C@H](O)[C@H](O)[C@@H](O)[C@@H]1O)C(=O)O. The first kappa shape index (κ1) is 28.4. The molecule has 1 fully saturated rings. The first-order valence-corrected chi connectivity index (χ1v) is 12.4. The van der Waals surface area contributed by atoms with E-state index in [9.17, 15) is 40.0 Å². The summed E-state index contributed by atoms with van der Waals surface area (Å²) in [6.07, 6.45) is -1.39. The Kier molecular flexibility index (Phi) is 13.3. The Bertz CT molecular complexity index is 561. The average Bonchev–Trinajstić information content (AvgIpc) is 2.72. The maximum atomic E-state index is 12.4. The minimum Gasteiger partial charge on any atom is -0.472 e. The van der Waals surface area contributed by atoms with E-state index in [0.717, 1.165) is 25.7 Å². The van der Waals surface area contributed by atoms with Crippen LogP contribution in [-0.2, 0) is 18.3 Å². The van der Waals surface area contributed by atoms with Gasteiger partial charge in [0.1, 0.15) is 24.4 Å². The first-order chi connectivity index (χ1) is 14.6. The summed E-state index contributed by atoms with van der Waals surface area (Å²) < 4.78 is 26.7. The summed E-state index contributed by atoms with van der Waals surface area (Å²) in [5.41, 5.74) is -1.94. The van der Waals surface area contributed by atoms with Crippen LogP contribution in [0.25, 0.3) is 0 Å². The number of hydrogen-bond donors (Lipinski definition) is 6. The molecular formula is C19H37O11P. The molecule has 1 saturated heterocycles. The van der Waals surface area contributed by atoms with Crippen LogP contribution in [-0.4, -0.2) is 80.0 Å². The predicted molar refractivity (Wildman–Crippen MR) is 109 cm³/mol. The molecule has 12 heteroatoms. The fourth-order valence-electron chi connectivity index (χ4n) is 3.23. The van der Waals surface area contributed by atoms with Crippen molar-refractivity contribution in [1.82, 2.24) is 0 Å². The number of aliphatic hydroxyl groups is 5. The number of ether oxygens (including phenoxy) is 1. The lowest BCUT2D eigenvalue weighted by Gasteiger charge is -2.39. The van der Waals surface area contributed by atoms with E-state index in [2.05, 4.69) is 11.4 Å². The third-order valence-corrected chi connectivity index (χ3v) is 6.63. The summed E-state index contributed by atoms with van der Waals surface area (Å²) in [7, 11) is -4.82. The molecule has 0 radical (unpaired) electrons. The largest absolute Gasteiger partial charge is 0.472 e. The topological polar surface area (TPSA) is 183 Å². The van der Waals surface area contributed by atoms with Gasteiger partial charge in [-0.05, 0) is 6.42 Å². The van der Waals surface area contributed by atoms with Crippen molar-refractivity contribution in [2.24, 2.45) is 0 Å². The van der Waals surface area contributed by atoms with Crippen molar-refractivity contribution in [3.05, 3.63) is 0 Å². The summed E-state index contributed by atoms with van der Waals surface area (Å²) in [6.45, 7) is 2.00. The van der Waals surface area contributed by atoms with Crippen LogP contribution in [0, 0.1) is 0 Å². The van der Waals surface area contributed by atoms with Gasteiger partial charge in [-0.15, -0.1) is 0 Å². The number of carboxylic acid groups (broad SMARTS) is 1. The molecule has 0 amide bonds. The van der Waals surface area contributed by atoms with E-state index in [-0.39, 0.29) is 6.61 Å². The highest BCUT2D eigenvalue weighted by Gasteiger charge is 2.49. The van der Waals surface area contributed by atoms with Crippen LogP contribution in [0.2, 0.25) is 0 Å². The Morgan fingerprint density at radius 3 is 1.94 bits per heavy atom. The van der Waals surface area contributed by atoms with Crippen molar-refractivity contribution in [2.45, 2.75) is 108 Å². The summed E-state index contributed by atoms with van der Waals surface area (Å²) >= 11 is 0. The molecule has 1 aliphatic heterocycles. The van der Waals surface area contributed by atoms with Crippen molar-refractivity contribution in [3.63, 3.8) is 0 Å². The lowest BCUT2D eigenvalue weighted by Crippen LogP contribution is -2.60. The first-order valence-electron chi connectivity index (χ1n) is 10.9. The molecular weight excluding hydrogens is 435 g/mol. The van der Waals surface area contributed by atoms with Crippen LogP contribution in [0.3, 0.4) is 0 Å². The number of aliphatic hydroxyl groups excluding tert-OH is 5. The fourth-order valence-corrected chi connectivity index (χ4v) is 4.27. The average molecular weight is 472 g/mol. The third-order valence-electron chi connectivity index (χ3n) is 5.15. The number of rotatable bonds is 16. The summed E-state index contributed by atoms with van der Waals surface area (Å²) in [5.74, 6) is 0. The van der Waals surface area contributed by atoms with Crippen LogP contribution in [0.1, 0.15) is 71.1 Å². The maximum absolute atomic E-state index is 12.4. The summed E-state index contributed by atoms with van der Waals surface area (Å²) in [4.78, 5) is 11.3. The Labute approximate surface area is 182 Å². The van der Waals surface area contributed by atoms with E-state index >= 15 is 0 Å². The van der Waals surface area contributed by atoms with E-state index in [1.807, 2.05) is 0 Å². The Balaban J connectivity index is 2.38. The second-order valence-electron chi connectivity index (χ2n) is 7.75. The molecule has 0 spiro atoms. The van der Waals surface area contributed by atoms with Crippen molar-refractivity contribution >= 4 is 13.3 Å². The Hall–Kier alpha value is -0.620. The monoisotopic (exact) mass is 472 g/mol. The lowest BCUT2D eigenvalue weighted by molar-refractivity contribution is -0.314. The van der Waals surface area contributed by atoms with Crippen LogP contribution < -0.4 is 0 Å². The van der Waals surface area contributed by atoms with Gasteiger partial charge in [0, 0.05) is 0 Å². The van der Waals surface area contributed by atoms with E-state index in [1.165, 1.54) is 32.1 Å². The normalized spacial score (nSPS) is 29.4. The molecule has 2 unspecified atom stereocenters. The zero-order valence-corrected chi connectivity index (χ0v) is 18.8. The molecule has 1 aliphatic rings. The molecule has 6 N–H and O–H groups in total. The molecule has 0 aromatic rings. The molecule has 0 saturated carbocycles. The second kappa shape index (κ2) is 14.5. The van der Waals surface area contributed by atoms with Crippen LogP contribution >= 0.6 is 7.60 Å². The van der Waals surface area contributed by atoms with Crippen LogP contribution in [0.15, 0.2) is 0 Å². The molecule has 1 heterocycles.